The smallest absolute Gasteiger partial charge is 0.289 e. The van der Waals surface area contributed by atoms with Crippen LogP contribution in [0.15, 0.2) is 65.5 Å². The third-order valence-corrected chi connectivity index (χ3v) is 7.30. The summed E-state index contributed by atoms with van der Waals surface area (Å²) in [5, 5.41) is 9.39. The van der Waals surface area contributed by atoms with Crippen molar-refractivity contribution in [3.05, 3.63) is 105 Å². The van der Waals surface area contributed by atoms with Gasteiger partial charge in [0.25, 0.3) is 5.56 Å². The van der Waals surface area contributed by atoms with E-state index in [4.69, 9.17) is 0 Å². The molecule has 0 amide bonds. The minimum atomic E-state index is -0.913. The van der Waals surface area contributed by atoms with Gasteiger partial charge in [0.1, 0.15) is 34.6 Å². The van der Waals surface area contributed by atoms with Crippen molar-refractivity contribution < 1.29 is 13.2 Å². The number of aryl methyl sites for hydroxylation is 1. The van der Waals surface area contributed by atoms with Gasteiger partial charge in [-0.25, -0.2) is 13.8 Å². The van der Waals surface area contributed by atoms with Gasteiger partial charge < -0.3 is 9.47 Å². The van der Waals surface area contributed by atoms with Crippen molar-refractivity contribution in [1.82, 2.24) is 14.5 Å². The lowest BCUT2D eigenvalue weighted by molar-refractivity contribution is 0.129. The highest BCUT2D eigenvalue weighted by molar-refractivity contribution is 5.89. The van der Waals surface area contributed by atoms with Gasteiger partial charge in [0.05, 0.1) is 11.6 Å². The van der Waals surface area contributed by atoms with Gasteiger partial charge in [0, 0.05) is 32.2 Å². The highest BCUT2D eigenvalue weighted by Gasteiger charge is 2.37. The second-order valence-electron chi connectivity index (χ2n) is 9.76. The summed E-state index contributed by atoms with van der Waals surface area (Å²) in [6.07, 6.45) is 0. The lowest BCUT2D eigenvalue weighted by atomic mass is 9.93. The molecule has 2 aromatic heterocycles. The summed E-state index contributed by atoms with van der Waals surface area (Å²) in [6, 6.07) is 16.9. The number of pyridine rings is 2. The number of hydrogen-bond donors (Lipinski definition) is 0. The number of rotatable bonds is 4. The second kappa shape index (κ2) is 9.95. The number of fused-ring (bicyclic) bond motifs is 1. The molecule has 0 bridgehead atoms. The molecule has 38 heavy (non-hydrogen) atoms. The van der Waals surface area contributed by atoms with Gasteiger partial charge in [-0.2, -0.15) is 9.65 Å². The predicted molar refractivity (Wildman–Crippen MR) is 139 cm³/mol. The molecule has 9 heteroatoms. The predicted octanol–water partition coefficient (Wildman–Crippen LogP) is 4.91. The standard InChI is InChI=1S/C29H26F3N5O/c1-17-16-37(28-25(32)29(38)35(3)24-13-12-23(14-33)34-26(24)28)18(2)15-36(17)27(19-4-8-21(30)9-5-19)20-6-10-22(31)11-7-20/h4-13,17-18,27H,15-16H2,1-3H3/t17-,18+/m1/s1. The summed E-state index contributed by atoms with van der Waals surface area (Å²) < 4.78 is 44.3. The zero-order valence-electron chi connectivity index (χ0n) is 21.2. The van der Waals surface area contributed by atoms with Crippen molar-refractivity contribution in [1.29, 1.82) is 5.26 Å². The molecule has 2 atom stereocenters. The van der Waals surface area contributed by atoms with Crippen LogP contribution in [0.4, 0.5) is 18.9 Å². The first-order valence-corrected chi connectivity index (χ1v) is 12.3. The van der Waals surface area contributed by atoms with Crippen LogP contribution in [-0.2, 0) is 7.05 Å². The highest BCUT2D eigenvalue weighted by atomic mass is 19.1. The van der Waals surface area contributed by atoms with E-state index in [-0.39, 0.29) is 46.7 Å². The van der Waals surface area contributed by atoms with Crippen molar-refractivity contribution in [2.24, 2.45) is 7.05 Å². The fourth-order valence-corrected chi connectivity index (χ4v) is 5.37. The Labute approximate surface area is 218 Å². The lowest BCUT2D eigenvalue weighted by Gasteiger charge is -2.48. The van der Waals surface area contributed by atoms with Crippen LogP contribution in [0.1, 0.15) is 36.7 Å². The summed E-state index contributed by atoms with van der Waals surface area (Å²) >= 11 is 0. The van der Waals surface area contributed by atoms with E-state index in [0.717, 1.165) is 11.1 Å². The van der Waals surface area contributed by atoms with Crippen LogP contribution in [0.2, 0.25) is 0 Å². The Balaban J connectivity index is 1.58. The topological polar surface area (TPSA) is 65.2 Å². The molecular weight excluding hydrogens is 491 g/mol. The number of hydrogen-bond acceptors (Lipinski definition) is 5. The largest absolute Gasteiger partial charge is 0.362 e. The molecule has 0 saturated carbocycles. The van der Waals surface area contributed by atoms with Crippen molar-refractivity contribution in [3.8, 4) is 6.07 Å². The van der Waals surface area contributed by atoms with Gasteiger partial charge in [0.2, 0.25) is 5.82 Å². The summed E-state index contributed by atoms with van der Waals surface area (Å²) in [5.74, 6) is -1.62. The summed E-state index contributed by atoms with van der Waals surface area (Å²) in [4.78, 5) is 21.2. The first kappa shape index (κ1) is 25.5. The Morgan fingerprint density at radius 1 is 0.895 bits per heavy atom. The van der Waals surface area contributed by atoms with E-state index in [1.165, 1.54) is 41.9 Å². The number of halogens is 3. The lowest BCUT2D eigenvalue weighted by Crippen LogP contribution is -2.58. The second-order valence-corrected chi connectivity index (χ2v) is 9.76. The van der Waals surface area contributed by atoms with Crippen LogP contribution < -0.4 is 10.5 Å². The average molecular weight is 518 g/mol. The maximum Gasteiger partial charge on any atom is 0.289 e. The Hall–Kier alpha value is -4.16. The van der Waals surface area contributed by atoms with Gasteiger partial charge in [-0.15, -0.1) is 0 Å². The zero-order chi connectivity index (χ0) is 27.1. The van der Waals surface area contributed by atoms with E-state index >= 15 is 4.39 Å². The van der Waals surface area contributed by atoms with Gasteiger partial charge in [-0.1, -0.05) is 24.3 Å². The highest BCUT2D eigenvalue weighted by Crippen LogP contribution is 2.36. The van der Waals surface area contributed by atoms with Crippen molar-refractivity contribution in [2.45, 2.75) is 32.0 Å². The number of piperazine rings is 1. The maximum absolute atomic E-state index is 15.6. The number of anilines is 1. The fraction of sp³-hybridized carbons (Fsp3) is 0.276. The molecule has 0 spiro atoms. The fourth-order valence-electron chi connectivity index (χ4n) is 5.37. The third-order valence-electron chi connectivity index (χ3n) is 7.30. The van der Waals surface area contributed by atoms with E-state index < -0.39 is 11.4 Å². The molecule has 1 fully saturated rings. The summed E-state index contributed by atoms with van der Waals surface area (Å²) in [7, 11) is 1.48. The van der Waals surface area contributed by atoms with E-state index in [0.29, 0.717) is 18.6 Å². The number of aromatic nitrogens is 2. The molecule has 2 aromatic carbocycles. The first-order chi connectivity index (χ1) is 18.2. The maximum atomic E-state index is 15.6. The van der Waals surface area contributed by atoms with Gasteiger partial charge in [0.15, 0.2) is 0 Å². The molecule has 1 aliphatic heterocycles. The van der Waals surface area contributed by atoms with Crippen LogP contribution in [0.25, 0.3) is 11.0 Å². The summed E-state index contributed by atoms with van der Waals surface area (Å²) in [6.45, 7) is 4.75. The number of benzene rings is 2. The Bertz CT molecular complexity index is 1550. The van der Waals surface area contributed by atoms with Crippen LogP contribution in [0.3, 0.4) is 0 Å². The molecular formula is C29H26F3N5O. The van der Waals surface area contributed by atoms with E-state index in [2.05, 4.69) is 9.88 Å². The van der Waals surface area contributed by atoms with Crippen LogP contribution in [-0.4, -0.2) is 39.6 Å². The molecule has 0 radical (unpaired) electrons. The number of nitriles is 1. The first-order valence-electron chi connectivity index (χ1n) is 12.3. The molecule has 6 nitrogen and oxygen atoms in total. The summed E-state index contributed by atoms with van der Waals surface area (Å²) in [5.41, 5.74) is 1.82. The SMILES string of the molecule is C[C@@H]1CN(c2c(F)c(=O)n(C)c3ccc(C#N)nc23)[C@@H](C)CN1C(c1ccc(F)cc1)c1ccc(F)cc1. The minimum Gasteiger partial charge on any atom is -0.362 e. The Kier molecular flexibility index (Phi) is 6.67. The normalized spacial score (nSPS) is 18.2. The Morgan fingerprint density at radius 2 is 1.47 bits per heavy atom. The van der Waals surface area contributed by atoms with Crippen molar-refractivity contribution in [2.75, 3.05) is 18.0 Å². The van der Waals surface area contributed by atoms with E-state index in [1.54, 1.807) is 30.3 Å². The van der Waals surface area contributed by atoms with E-state index in [1.807, 2.05) is 24.8 Å². The zero-order valence-corrected chi connectivity index (χ0v) is 21.2. The average Bonchev–Trinajstić information content (AvgIpc) is 2.91. The Morgan fingerprint density at radius 3 is 2.03 bits per heavy atom. The monoisotopic (exact) mass is 517 g/mol. The molecule has 1 saturated heterocycles. The van der Waals surface area contributed by atoms with Crippen molar-refractivity contribution in [3.63, 3.8) is 0 Å². The molecule has 1 aliphatic rings. The van der Waals surface area contributed by atoms with Crippen LogP contribution in [0, 0.1) is 28.8 Å². The van der Waals surface area contributed by atoms with Crippen molar-refractivity contribution >= 4 is 16.7 Å². The van der Waals surface area contributed by atoms with Crippen LogP contribution in [0.5, 0.6) is 0 Å². The molecule has 194 valence electrons. The van der Waals surface area contributed by atoms with E-state index in [9.17, 15) is 18.8 Å². The molecule has 0 unspecified atom stereocenters. The molecule has 4 aromatic rings. The molecule has 5 rings (SSSR count). The molecule has 0 N–H and O–H groups in total. The van der Waals surface area contributed by atoms with Gasteiger partial charge >= 0.3 is 0 Å². The molecule has 3 heterocycles. The quantitative estimate of drug-likeness (QED) is 0.385. The van der Waals surface area contributed by atoms with Crippen LogP contribution >= 0.6 is 0 Å². The van der Waals surface area contributed by atoms with Gasteiger partial charge in [-0.3, -0.25) is 9.69 Å². The molecule has 0 aliphatic carbocycles. The minimum absolute atomic E-state index is 0.0827. The third kappa shape index (κ3) is 4.41. The number of nitrogens with zero attached hydrogens (tertiary/aromatic N) is 5. The van der Waals surface area contributed by atoms with Gasteiger partial charge in [-0.05, 0) is 61.4 Å².